The van der Waals surface area contributed by atoms with Crippen LogP contribution in [0.25, 0.3) is 5.57 Å². The first kappa shape index (κ1) is 29.0. The molecule has 1 aliphatic carbocycles. The molecule has 0 radical (unpaired) electrons. The molecule has 0 bridgehead atoms. The maximum absolute atomic E-state index is 11.8. The van der Waals surface area contributed by atoms with Gasteiger partial charge in [0.2, 0.25) is 0 Å². The van der Waals surface area contributed by atoms with Crippen LogP contribution >= 0.6 is 0 Å². The number of aryl methyl sites for hydroxylation is 3. The smallest absolute Gasteiger partial charge is 0.339 e. The fourth-order valence-corrected chi connectivity index (χ4v) is 5.18. The summed E-state index contributed by atoms with van der Waals surface area (Å²) in [6.45, 7) is 4.57. The molecule has 0 saturated carbocycles. The van der Waals surface area contributed by atoms with Crippen molar-refractivity contribution >= 4 is 39.0 Å². The lowest BCUT2D eigenvalue weighted by Gasteiger charge is -2.18. The molecular formula is C30H24NO9S-. The van der Waals surface area contributed by atoms with E-state index >= 15 is 0 Å². The molecule has 3 aromatic carbocycles. The van der Waals surface area contributed by atoms with Crippen LogP contribution in [0.15, 0.2) is 82.2 Å². The average molecular weight is 575 g/mol. The summed E-state index contributed by atoms with van der Waals surface area (Å²) in [5.74, 6) is -3.51. The van der Waals surface area contributed by atoms with Crippen molar-refractivity contribution in [3.8, 4) is 11.5 Å². The molecule has 0 saturated heterocycles. The Morgan fingerprint density at radius 2 is 1.22 bits per heavy atom. The van der Waals surface area contributed by atoms with Crippen molar-refractivity contribution in [3.05, 3.63) is 111 Å². The number of phenols is 2. The predicted octanol–water partition coefficient (Wildman–Crippen LogP) is 5.02. The van der Waals surface area contributed by atoms with Crippen LogP contribution in [0, 0.1) is 20.8 Å². The number of hydrogen-bond acceptors (Lipinski definition) is 8. The van der Waals surface area contributed by atoms with Crippen LogP contribution in [0.2, 0.25) is 0 Å². The molecule has 0 aliphatic heterocycles. The highest BCUT2D eigenvalue weighted by Gasteiger charge is 2.21. The van der Waals surface area contributed by atoms with Crippen molar-refractivity contribution in [1.29, 1.82) is 0 Å². The van der Waals surface area contributed by atoms with Gasteiger partial charge in [-0.2, -0.15) is 0 Å². The zero-order chi connectivity index (χ0) is 30.2. The topological polar surface area (TPSA) is 185 Å². The van der Waals surface area contributed by atoms with Gasteiger partial charge in [0.15, 0.2) is 0 Å². The number of allylic oxidation sites excluding steroid dienone is 5. The molecule has 0 spiro atoms. The maximum Gasteiger partial charge on any atom is 0.339 e. The first-order chi connectivity index (χ1) is 19.2. The number of aromatic hydroxyl groups is 2. The van der Waals surface area contributed by atoms with Crippen LogP contribution in [0.4, 0.5) is 5.69 Å². The largest absolute Gasteiger partial charge is 0.744 e. The molecule has 210 valence electrons. The summed E-state index contributed by atoms with van der Waals surface area (Å²) >= 11 is 0. The molecule has 41 heavy (non-hydrogen) atoms. The Hall–Kier alpha value is -5.00. The van der Waals surface area contributed by atoms with E-state index in [2.05, 4.69) is 4.99 Å². The number of carbonyl (C=O) groups is 2. The molecule has 10 nitrogen and oxygen atoms in total. The molecule has 4 N–H and O–H groups in total. The predicted molar refractivity (Wildman–Crippen MR) is 150 cm³/mol. The average Bonchev–Trinajstić information content (AvgIpc) is 2.89. The molecular weight excluding hydrogens is 550 g/mol. The third-order valence-corrected chi connectivity index (χ3v) is 7.47. The summed E-state index contributed by atoms with van der Waals surface area (Å²) in [7, 11) is -4.69. The highest BCUT2D eigenvalue weighted by molar-refractivity contribution is 7.85. The molecule has 4 rings (SSSR count). The minimum atomic E-state index is -4.69. The van der Waals surface area contributed by atoms with Crippen LogP contribution in [-0.4, -0.2) is 51.0 Å². The molecule has 0 amide bonds. The summed E-state index contributed by atoms with van der Waals surface area (Å²) in [5.41, 5.74) is 2.49. The van der Waals surface area contributed by atoms with Crippen molar-refractivity contribution in [3.63, 3.8) is 0 Å². The van der Waals surface area contributed by atoms with E-state index in [4.69, 9.17) is 0 Å². The Kier molecular flexibility index (Phi) is 7.69. The zero-order valence-corrected chi connectivity index (χ0v) is 22.9. The van der Waals surface area contributed by atoms with E-state index in [-0.39, 0.29) is 32.8 Å². The summed E-state index contributed by atoms with van der Waals surface area (Å²) in [6.07, 6.45) is 6.52. The fraction of sp³-hybridized carbons (Fsp3) is 0.100. The maximum atomic E-state index is 11.8. The monoisotopic (exact) mass is 574 g/mol. The minimum absolute atomic E-state index is 0.238. The number of hydrogen-bond donors (Lipinski definition) is 4. The van der Waals surface area contributed by atoms with Crippen LogP contribution in [0.5, 0.6) is 11.5 Å². The van der Waals surface area contributed by atoms with Gasteiger partial charge >= 0.3 is 11.9 Å². The van der Waals surface area contributed by atoms with Crippen molar-refractivity contribution in [2.45, 2.75) is 25.7 Å². The second kappa shape index (κ2) is 10.9. The SMILES string of the molecule is Cc1ccc(N=C2C=CC(=C(c3cc(C)c(O)c(C(=O)O)c3)c3cc(C)c(O)c(C(=O)O)c3)C=C2)cc1S(=O)(=O)[O-]. The molecule has 1 aliphatic rings. The quantitative estimate of drug-likeness (QED) is 0.293. The highest BCUT2D eigenvalue weighted by Crippen LogP contribution is 2.37. The number of benzene rings is 3. The van der Waals surface area contributed by atoms with Gasteiger partial charge in [0.05, 0.1) is 16.3 Å². The Labute approximate surface area is 235 Å². The zero-order valence-electron chi connectivity index (χ0n) is 22.0. The number of rotatable bonds is 6. The first-order valence-electron chi connectivity index (χ1n) is 12.1. The number of nitrogens with zero attached hydrogens (tertiary/aromatic N) is 1. The van der Waals surface area contributed by atoms with E-state index in [0.717, 1.165) is 0 Å². The molecule has 11 heteroatoms. The van der Waals surface area contributed by atoms with Crippen molar-refractivity contribution in [2.24, 2.45) is 4.99 Å². The van der Waals surface area contributed by atoms with Gasteiger partial charge in [-0.1, -0.05) is 18.2 Å². The van der Waals surface area contributed by atoms with E-state index in [0.29, 0.717) is 33.5 Å². The lowest BCUT2D eigenvalue weighted by atomic mass is 9.87. The van der Waals surface area contributed by atoms with Crippen LogP contribution in [-0.2, 0) is 10.1 Å². The lowest BCUT2D eigenvalue weighted by molar-refractivity contribution is 0.0682. The molecule has 0 heterocycles. The van der Waals surface area contributed by atoms with E-state index in [1.54, 1.807) is 42.5 Å². The van der Waals surface area contributed by atoms with Gasteiger partial charge in [0.1, 0.15) is 32.7 Å². The normalized spacial score (nSPS) is 12.9. The second-order valence-corrected chi connectivity index (χ2v) is 10.8. The standard InChI is InChI=1S/C30H25NO9S/c1-15-4-7-22(14-25(15)41(38,39)40)31-21-8-5-18(6-9-21)26(19-10-16(2)27(32)23(12-19)29(34)35)20-11-17(3)28(33)24(13-20)30(36)37/h4-14,32-33H,1-3H3,(H,34,35)(H,36,37)(H,38,39,40)/p-1. The van der Waals surface area contributed by atoms with Crippen LogP contribution in [0.1, 0.15) is 48.5 Å². The van der Waals surface area contributed by atoms with Gasteiger partial charge in [-0.05, 0) is 108 Å². The Morgan fingerprint density at radius 1 is 0.732 bits per heavy atom. The van der Waals surface area contributed by atoms with Gasteiger partial charge < -0.3 is 25.0 Å². The number of carboxylic acids is 2. The molecule has 0 fully saturated rings. The van der Waals surface area contributed by atoms with Gasteiger partial charge in [-0.25, -0.2) is 23.0 Å². The molecule has 3 aromatic rings. The Bertz CT molecular complexity index is 1770. The molecule has 0 aromatic heterocycles. The van der Waals surface area contributed by atoms with Gasteiger partial charge in [0, 0.05) is 0 Å². The van der Waals surface area contributed by atoms with Gasteiger partial charge in [-0.15, -0.1) is 0 Å². The van der Waals surface area contributed by atoms with E-state index in [1.165, 1.54) is 45.0 Å². The minimum Gasteiger partial charge on any atom is -0.744 e. The lowest BCUT2D eigenvalue weighted by Crippen LogP contribution is -2.05. The van der Waals surface area contributed by atoms with Crippen molar-refractivity contribution in [2.75, 3.05) is 0 Å². The summed E-state index contributed by atoms with van der Waals surface area (Å²) < 4.78 is 34.7. The highest BCUT2D eigenvalue weighted by atomic mass is 32.2. The Morgan fingerprint density at radius 3 is 1.66 bits per heavy atom. The van der Waals surface area contributed by atoms with Gasteiger partial charge in [-0.3, -0.25) is 0 Å². The first-order valence-corrected chi connectivity index (χ1v) is 13.5. The van der Waals surface area contributed by atoms with Crippen molar-refractivity contribution in [1.82, 2.24) is 0 Å². The van der Waals surface area contributed by atoms with E-state index < -0.39 is 33.6 Å². The molecule has 0 atom stereocenters. The summed E-state index contributed by atoms with van der Waals surface area (Å²) in [4.78, 5) is 27.7. The van der Waals surface area contributed by atoms with E-state index in [9.17, 15) is 43.0 Å². The van der Waals surface area contributed by atoms with Crippen LogP contribution < -0.4 is 0 Å². The number of aliphatic imine (C=N–C) groups is 1. The fourth-order valence-electron chi connectivity index (χ4n) is 4.45. The third kappa shape index (κ3) is 5.96. The second-order valence-electron chi connectivity index (χ2n) is 9.43. The van der Waals surface area contributed by atoms with Crippen molar-refractivity contribution < 1.29 is 43.0 Å². The molecule has 0 unspecified atom stereocenters. The van der Waals surface area contributed by atoms with Gasteiger partial charge in [0.25, 0.3) is 0 Å². The van der Waals surface area contributed by atoms with E-state index in [1.807, 2.05) is 0 Å². The summed E-state index contributed by atoms with van der Waals surface area (Å²) in [5, 5.41) is 39.9. The Balaban J connectivity index is 1.92. The summed E-state index contributed by atoms with van der Waals surface area (Å²) in [6, 6.07) is 9.90. The third-order valence-electron chi connectivity index (χ3n) is 6.49. The number of carboxylic acid groups (broad SMARTS) is 2. The number of aromatic carboxylic acids is 2. The van der Waals surface area contributed by atoms with Crippen LogP contribution in [0.3, 0.4) is 0 Å².